The molecule has 0 saturated carbocycles. The van der Waals surface area contributed by atoms with Gasteiger partial charge in [-0.15, -0.1) is 0 Å². The number of ketones is 1. The Morgan fingerprint density at radius 3 is 2.62 bits per heavy atom. The van der Waals surface area contributed by atoms with Gasteiger partial charge in [-0.05, 0) is 46.5 Å². The molecule has 29 heavy (non-hydrogen) atoms. The summed E-state index contributed by atoms with van der Waals surface area (Å²) in [5.74, 6) is -1.08. The lowest BCUT2D eigenvalue weighted by Gasteiger charge is -2.38. The number of hydrogen-bond acceptors (Lipinski definition) is 4. The van der Waals surface area contributed by atoms with E-state index in [0.29, 0.717) is 35.4 Å². The van der Waals surface area contributed by atoms with Crippen LogP contribution in [0.4, 0.5) is 10.2 Å². The summed E-state index contributed by atoms with van der Waals surface area (Å²) in [6, 6.07) is 4.50. The summed E-state index contributed by atoms with van der Waals surface area (Å²) >= 11 is 3.21. The molecule has 4 rings (SSSR count). The molecule has 2 aromatic rings. The first-order valence-corrected chi connectivity index (χ1v) is 10.2. The monoisotopic (exact) mass is 461 g/mol. The van der Waals surface area contributed by atoms with E-state index in [1.165, 1.54) is 17.7 Å². The van der Waals surface area contributed by atoms with E-state index in [0.717, 1.165) is 10.4 Å². The molecule has 0 amide bonds. The van der Waals surface area contributed by atoms with Crippen molar-refractivity contribution in [3.63, 3.8) is 0 Å². The minimum atomic E-state index is -0.676. The van der Waals surface area contributed by atoms with Crippen LogP contribution in [-0.4, -0.2) is 21.1 Å². The van der Waals surface area contributed by atoms with E-state index in [1.807, 2.05) is 13.8 Å². The summed E-state index contributed by atoms with van der Waals surface area (Å²) < 4.78 is 16.7. The summed E-state index contributed by atoms with van der Waals surface area (Å²) in [6.45, 7) is 5.11. The first-order chi connectivity index (χ1) is 13.5. The van der Waals surface area contributed by atoms with Crippen molar-refractivity contribution < 1.29 is 14.0 Å². The number of aromatic nitrogens is 2. The van der Waals surface area contributed by atoms with Gasteiger partial charge in [-0.25, -0.2) is 4.39 Å². The van der Waals surface area contributed by atoms with Crippen molar-refractivity contribution in [2.45, 2.75) is 39.5 Å². The number of fused-ring (bicyclic) bond motifs is 1. The molecule has 0 fully saturated rings. The lowest BCUT2D eigenvalue weighted by Crippen LogP contribution is -2.38. The van der Waals surface area contributed by atoms with Gasteiger partial charge in [0.05, 0.1) is 10.0 Å². The Morgan fingerprint density at radius 1 is 1.31 bits per heavy atom. The zero-order chi connectivity index (χ0) is 21.2. The number of benzene rings is 1. The molecule has 2 heterocycles. The fourth-order valence-electron chi connectivity index (χ4n) is 4.32. The maximum absolute atomic E-state index is 13.9. The number of rotatable bonds is 1. The normalized spacial score (nSPS) is 20.2. The number of allylic oxidation sites excluding steroid dienone is 2. The van der Waals surface area contributed by atoms with Gasteiger partial charge in [0.25, 0.3) is 5.56 Å². The fourth-order valence-corrected chi connectivity index (χ4v) is 4.72. The molecule has 1 atom stereocenters. The molecule has 1 aromatic heterocycles. The summed E-state index contributed by atoms with van der Waals surface area (Å²) in [5, 5.41) is 3.24. The molecule has 1 aliphatic carbocycles. The zero-order valence-electron chi connectivity index (χ0n) is 16.6. The number of nitrogens with zero attached hydrogens (tertiary/aromatic N) is 2. The van der Waals surface area contributed by atoms with Crippen molar-refractivity contribution in [2.24, 2.45) is 12.5 Å². The highest BCUT2D eigenvalue weighted by atomic mass is 79.9. The molecular formula is C21H21BrFN3O3. The van der Waals surface area contributed by atoms with Gasteiger partial charge in [0.2, 0.25) is 5.91 Å². The second-order valence-electron chi connectivity index (χ2n) is 8.26. The van der Waals surface area contributed by atoms with Crippen molar-refractivity contribution in [2.75, 3.05) is 5.32 Å². The highest BCUT2D eigenvalue weighted by molar-refractivity contribution is 9.10. The Balaban J connectivity index is 2.05. The SMILES string of the molecule is CC(=O)n1c(=O)c2c(n1C)NC1=C(C(=O)C(C)(C)CC1)C2c1ccc(F)c(Br)c1. The molecule has 1 unspecified atom stereocenters. The van der Waals surface area contributed by atoms with Crippen molar-refractivity contribution >= 4 is 33.4 Å². The third-order valence-corrected chi connectivity index (χ3v) is 6.52. The first-order valence-electron chi connectivity index (χ1n) is 9.37. The largest absolute Gasteiger partial charge is 0.343 e. The van der Waals surface area contributed by atoms with Crippen molar-refractivity contribution in [1.29, 1.82) is 0 Å². The molecule has 0 bridgehead atoms. The van der Waals surface area contributed by atoms with Gasteiger partial charge < -0.3 is 5.32 Å². The van der Waals surface area contributed by atoms with Gasteiger partial charge in [0.1, 0.15) is 11.6 Å². The predicted octanol–water partition coefficient (Wildman–Crippen LogP) is 3.95. The smallest absolute Gasteiger partial charge is 0.280 e. The molecular weight excluding hydrogens is 441 g/mol. The first kappa shape index (κ1) is 19.8. The van der Waals surface area contributed by atoms with Crippen LogP contribution < -0.4 is 10.9 Å². The van der Waals surface area contributed by atoms with Crippen LogP contribution in [0.2, 0.25) is 0 Å². The predicted molar refractivity (Wildman–Crippen MR) is 111 cm³/mol. The van der Waals surface area contributed by atoms with E-state index in [4.69, 9.17) is 0 Å². The topological polar surface area (TPSA) is 73.1 Å². The maximum Gasteiger partial charge on any atom is 0.280 e. The van der Waals surface area contributed by atoms with Crippen LogP contribution in [0.3, 0.4) is 0 Å². The molecule has 2 aliphatic rings. The Kier molecular flexibility index (Phi) is 4.45. The van der Waals surface area contributed by atoms with Gasteiger partial charge in [0, 0.05) is 36.6 Å². The average Bonchev–Trinajstić information content (AvgIpc) is 2.90. The lowest BCUT2D eigenvalue weighted by atomic mass is 9.68. The van der Waals surface area contributed by atoms with E-state index in [-0.39, 0.29) is 10.3 Å². The van der Waals surface area contributed by atoms with Crippen LogP contribution in [0.1, 0.15) is 55.5 Å². The molecule has 0 radical (unpaired) electrons. The maximum atomic E-state index is 13.9. The Labute approximate surface area is 175 Å². The molecule has 1 aliphatic heterocycles. The van der Waals surface area contributed by atoms with Crippen LogP contribution in [0, 0.1) is 11.2 Å². The number of Topliss-reactive ketones (excluding diaryl/α,β-unsaturated/α-hetero) is 1. The molecule has 1 aromatic carbocycles. The highest BCUT2D eigenvalue weighted by Gasteiger charge is 2.45. The summed E-state index contributed by atoms with van der Waals surface area (Å²) in [4.78, 5) is 38.7. The van der Waals surface area contributed by atoms with Crippen molar-refractivity contribution in [1.82, 2.24) is 9.36 Å². The molecule has 8 heteroatoms. The molecule has 1 N–H and O–H groups in total. The van der Waals surface area contributed by atoms with E-state index in [2.05, 4.69) is 21.2 Å². The fraction of sp³-hybridized carbons (Fsp3) is 0.381. The number of carbonyl (C=O) groups is 2. The van der Waals surface area contributed by atoms with Crippen molar-refractivity contribution in [3.8, 4) is 0 Å². The minimum Gasteiger partial charge on any atom is -0.343 e. The Morgan fingerprint density at radius 2 is 2.00 bits per heavy atom. The average molecular weight is 462 g/mol. The Bertz CT molecular complexity index is 1170. The standard InChI is InChI=1S/C21H21BrFN3O3/c1-10(27)26-20(29)17-15(11-5-6-13(23)12(22)9-11)16-14(24-19(17)25(26)4)7-8-21(2,3)18(16)28/h5-6,9,15,24H,7-8H2,1-4H3. The van der Waals surface area contributed by atoms with Gasteiger partial charge in [-0.1, -0.05) is 19.9 Å². The quantitative estimate of drug-likeness (QED) is 0.697. The number of halogens is 2. The molecule has 6 nitrogen and oxygen atoms in total. The second kappa shape index (κ2) is 6.52. The lowest BCUT2D eigenvalue weighted by molar-refractivity contribution is -0.124. The molecule has 0 saturated heterocycles. The van der Waals surface area contributed by atoms with Crippen LogP contribution in [-0.2, 0) is 11.8 Å². The molecule has 152 valence electrons. The van der Waals surface area contributed by atoms with E-state index in [9.17, 15) is 18.8 Å². The zero-order valence-corrected chi connectivity index (χ0v) is 18.2. The number of carbonyl (C=O) groups excluding carboxylic acids is 2. The second-order valence-corrected chi connectivity index (χ2v) is 9.11. The van der Waals surface area contributed by atoms with Gasteiger partial charge in [0.15, 0.2) is 5.78 Å². The third kappa shape index (κ3) is 2.84. The summed E-state index contributed by atoms with van der Waals surface area (Å²) in [5.41, 5.74) is 1.18. The highest BCUT2D eigenvalue weighted by Crippen LogP contribution is 2.48. The van der Waals surface area contributed by atoms with E-state index in [1.54, 1.807) is 19.2 Å². The number of hydrogen-bond donors (Lipinski definition) is 1. The third-order valence-electron chi connectivity index (χ3n) is 5.91. The van der Waals surface area contributed by atoms with Crippen molar-refractivity contribution in [3.05, 3.63) is 61.2 Å². The van der Waals surface area contributed by atoms with Crippen LogP contribution >= 0.6 is 15.9 Å². The van der Waals surface area contributed by atoms with Crippen LogP contribution in [0.5, 0.6) is 0 Å². The summed E-state index contributed by atoms with van der Waals surface area (Å²) in [7, 11) is 1.63. The minimum absolute atomic E-state index is 0.0417. The summed E-state index contributed by atoms with van der Waals surface area (Å²) in [6.07, 6.45) is 1.32. The van der Waals surface area contributed by atoms with Gasteiger partial charge >= 0.3 is 0 Å². The number of anilines is 1. The number of nitrogens with one attached hydrogen (secondary N) is 1. The van der Waals surface area contributed by atoms with Crippen LogP contribution in [0.15, 0.2) is 38.7 Å². The van der Waals surface area contributed by atoms with Gasteiger partial charge in [-0.2, -0.15) is 4.68 Å². The van der Waals surface area contributed by atoms with Gasteiger partial charge in [-0.3, -0.25) is 19.1 Å². The van der Waals surface area contributed by atoms with E-state index < -0.39 is 28.6 Å². The molecule has 0 spiro atoms. The Hall–Kier alpha value is -2.48. The van der Waals surface area contributed by atoms with E-state index >= 15 is 0 Å². The van der Waals surface area contributed by atoms with Crippen LogP contribution in [0.25, 0.3) is 0 Å².